The molecule has 174 valence electrons. The van der Waals surface area contributed by atoms with Gasteiger partial charge < -0.3 is 14.2 Å². The van der Waals surface area contributed by atoms with Gasteiger partial charge in [-0.05, 0) is 36.8 Å². The molecule has 0 N–H and O–H groups in total. The van der Waals surface area contributed by atoms with Crippen LogP contribution in [0.25, 0.3) is 0 Å². The minimum Gasteiger partial charge on any atom is -0.462 e. The number of aryl methyl sites for hydroxylation is 1. The number of ether oxygens (including phenoxy) is 3. The van der Waals surface area contributed by atoms with E-state index in [9.17, 15) is 4.79 Å². The highest BCUT2D eigenvalue weighted by Gasteiger charge is 2.37. The van der Waals surface area contributed by atoms with Gasteiger partial charge in [-0.1, -0.05) is 80.4 Å². The van der Waals surface area contributed by atoms with Gasteiger partial charge in [0.25, 0.3) is 0 Å². The SMILES string of the molecule is CC(=O)O[C@H]1C[C@@H](CCc2ccccc2)O[C@@H](CCCCCOCc2ccccc2)[C@@H]1C. The average molecular weight is 439 g/mol. The van der Waals surface area contributed by atoms with Crippen molar-refractivity contribution in [3.63, 3.8) is 0 Å². The second-order valence-electron chi connectivity index (χ2n) is 8.95. The third-order valence-corrected chi connectivity index (χ3v) is 6.34. The number of unbranched alkanes of at least 4 members (excludes halogenated alkanes) is 2. The summed E-state index contributed by atoms with van der Waals surface area (Å²) in [7, 11) is 0. The number of carbonyl (C=O) groups excluding carboxylic acids is 1. The smallest absolute Gasteiger partial charge is 0.302 e. The molecule has 4 heteroatoms. The Morgan fingerprint density at radius 1 is 0.938 bits per heavy atom. The molecule has 2 aromatic rings. The molecular formula is C28H38O4. The zero-order valence-electron chi connectivity index (χ0n) is 19.6. The molecule has 0 saturated carbocycles. The fourth-order valence-corrected chi connectivity index (χ4v) is 4.49. The van der Waals surface area contributed by atoms with E-state index < -0.39 is 0 Å². The summed E-state index contributed by atoms with van der Waals surface area (Å²) in [5.41, 5.74) is 2.54. The first-order valence-corrected chi connectivity index (χ1v) is 12.1. The summed E-state index contributed by atoms with van der Waals surface area (Å²) < 4.78 is 18.0. The van der Waals surface area contributed by atoms with Crippen LogP contribution in [-0.2, 0) is 32.0 Å². The molecule has 0 amide bonds. The van der Waals surface area contributed by atoms with E-state index in [2.05, 4.69) is 43.3 Å². The van der Waals surface area contributed by atoms with Gasteiger partial charge in [-0.2, -0.15) is 0 Å². The zero-order valence-corrected chi connectivity index (χ0v) is 19.6. The molecule has 0 radical (unpaired) electrons. The topological polar surface area (TPSA) is 44.8 Å². The van der Waals surface area contributed by atoms with Gasteiger partial charge in [-0.25, -0.2) is 0 Å². The van der Waals surface area contributed by atoms with Gasteiger partial charge >= 0.3 is 5.97 Å². The number of esters is 1. The molecule has 1 aliphatic rings. The van der Waals surface area contributed by atoms with Crippen molar-refractivity contribution in [1.82, 2.24) is 0 Å². The van der Waals surface area contributed by atoms with Crippen LogP contribution in [0.3, 0.4) is 0 Å². The molecule has 0 spiro atoms. The molecule has 0 aliphatic carbocycles. The Balaban J connectivity index is 1.40. The van der Waals surface area contributed by atoms with Gasteiger partial charge in [0.2, 0.25) is 0 Å². The van der Waals surface area contributed by atoms with Crippen molar-refractivity contribution in [3.8, 4) is 0 Å². The number of carbonyl (C=O) groups is 1. The van der Waals surface area contributed by atoms with Crippen LogP contribution < -0.4 is 0 Å². The van der Waals surface area contributed by atoms with Crippen molar-refractivity contribution in [2.45, 2.75) is 83.7 Å². The Morgan fingerprint density at radius 3 is 2.31 bits per heavy atom. The fraction of sp³-hybridized carbons (Fsp3) is 0.536. The van der Waals surface area contributed by atoms with E-state index in [4.69, 9.17) is 14.2 Å². The zero-order chi connectivity index (χ0) is 22.6. The predicted octanol–water partition coefficient (Wildman–Crippen LogP) is 6.12. The van der Waals surface area contributed by atoms with E-state index in [1.807, 2.05) is 24.3 Å². The maximum absolute atomic E-state index is 11.6. The van der Waals surface area contributed by atoms with Gasteiger partial charge in [-0.3, -0.25) is 4.79 Å². The first-order valence-electron chi connectivity index (χ1n) is 12.1. The van der Waals surface area contributed by atoms with Crippen LogP contribution in [0.4, 0.5) is 0 Å². The van der Waals surface area contributed by atoms with Crippen LogP contribution >= 0.6 is 0 Å². The summed E-state index contributed by atoms with van der Waals surface area (Å²) in [4.78, 5) is 11.6. The highest BCUT2D eigenvalue weighted by Crippen LogP contribution is 2.32. The number of hydrogen-bond donors (Lipinski definition) is 0. The first-order chi connectivity index (χ1) is 15.6. The van der Waals surface area contributed by atoms with Crippen LogP contribution in [-0.4, -0.2) is 30.9 Å². The Hall–Kier alpha value is -2.17. The molecule has 2 aromatic carbocycles. The van der Waals surface area contributed by atoms with E-state index in [0.29, 0.717) is 6.61 Å². The van der Waals surface area contributed by atoms with E-state index in [0.717, 1.165) is 51.6 Å². The monoisotopic (exact) mass is 438 g/mol. The Kier molecular flexibility index (Phi) is 10.2. The lowest BCUT2D eigenvalue weighted by atomic mass is 9.86. The lowest BCUT2D eigenvalue weighted by Gasteiger charge is -2.40. The molecule has 1 heterocycles. The molecule has 4 nitrogen and oxygen atoms in total. The molecule has 0 unspecified atom stereocenters. The summed E-state index contributed by atoms with van der Waals surface area (Å²) in [5.74, 6) is 0.0288. The van der Waals surface area contributed by atoms with E-state index in [1.165, 1.54) is 18.1 Å². The van der Waals surface area contributed by atoms with Crippen LogP contribution in [0.15, 0.2) is 60.7 Å². The van der Waals surface area contributed by atoms with Crippen LogP contribution in [0.2, 0.25) is 0 Å². The third-order valence-electron chi connectivity index (χ3n) is 6.34. The molecule has 0 aromatic heterocycles. The van der Waals surface area contributed by atoms with Crippen LogP contribution in [0.5, 0.6) is 0 Å². The predicted molar refractivity (Wildman–Crippen MR) is 127 cm³/mol. The van der Waals surface area contributed by atoms with Crippen molar-refractivity contribution in [3.05, 3.63) is 71.8 Å². The van der Waals surface area contributed by atoms with Gasteiger partial charge in [0.15, 0.2) is 0 Å². The first kappa shape index (κ1) is 24.5. The second kappa shape index (κ2) is 13.4. The molecular weight excluding hydrogens is 400 g/mol. The van der Waals surface area contributed by atoms with Gasteiger partial charge in [-0.15, -0.1) is 0 Å². The van der Waals surface area contributed by atoms with Crippen molar-refractivity contribution in [2.24, 2.45) is 5.92 Å². The van der Waals surface area contributed by atoms with E-state index >= 15 is 0 Å². The highest BCUT2D eigenvalue weighted by atomic mass is 16.6. The third kappa shape index (κ3) is 8.40. The number of hydrogen-bond acceptors (Lipinski definition) is 4. The van der Waals surface area contributed by atoms with Crippen LogP contribution in [0, 0.1) is 5.92 Å². The minimum atomic E-state index is -0.195. The summed E-state index contributed by atoms with van der Waals surface area (Å²) in [6.45, 7) is 5.13. The molecule has 3 rings (SSSR count). The Bertz CT molecular complexity index is 777. The average Bonchev–Trinajstić information content (AvgIpc) is 2.80. The molecule has 1 saturated heterocycles. The van der Waals surface area contributed by atoms with Crippen molar-refractivity contribution >= 4 is 5.97 Å². The second-order valence-corrected chi connectivity index (χ2v) is 8.95. The largest absolute Gasteiger partial charge is 0.462 e. The quantitative estimate of drug-likeness (QED) is 0.296. The summed E-state index contributed by atoms with van der Waals surface area (Å²) >= 11 is 0. The number of benzene rings is 2. The normalized spacial score (nSPS) is 23.1. The molecule has 4 atom stereocenters. The Labute approximate surface area is 193 Å². The molecule has 32 heavy (non-hydrogen) atoms. The lowest BCUT2D eigenvalue weighted by molar-refractivity contribution is -0.173. The fourth-order valence-electron chi connectivity index (χ4n) is 4.49. The van der Waals surface area contributed by atoms with E-state index in [1.54, 1.807) is 0 Å². The van der Waals surface area contributed by atoms with Crippen molar-refractivity contribution in [1.29, 1.82) is 0 Å². The summed E-state index contributed by atoms with van der Waals surface area (Å²) in [6.07, 6.45) is 7.22. The maximum atomic E-state index is 11.6. The highest BCUT2D eigenvalue weighted by molar-refractivity contribution is 5.66. The lowest BCUT2D eigenvalue weighted by Crippen LogP contribution is -2.44. The van der Waals surface area contributed by atoms with Crippen LogP contribution in [0.1, 0.15) is 63.5 Å². The van der Waals surface area contributed by atoms with Crippen molar-refractivity contribution in [2.75, 3.05) is 6.61 Å². The molecule has 0 bridgehead atoms. The Morgan fingerprint density at radius 2 is 1.62 bits per heavy atom. The van der Waals surface area contributed by atoms with E-state index in [-0.39, 0.29) is 30.2 Å². The standard InChI is InChI=1S/C28H38O4/c1-22-27(16-10-5-11-19-30-21-25-14-8-4-9-15-25)32-26(20-28(22)31-23(2)29)18-17-24-12-6-3-7-13-24/h3-4,6-9,12-15,22,26-28H,5,10-11,16-21H2,1-2H3/t22-,26+,27-,28-/m0/s1. The maximum Gasteiger partial charge on any atom is 0.302 e. The van der Waals surface area contributed by atoms with Gasteiger partial charge in [0.1, 0.15) is 6.10 Å². The van der Waals surface area contributed by atoms with Crippen molar-refractivity contribution < 1.29 is 19.0 Å². The summed E-state index contributed by atoms with van der Waals surface area (Å²) in [6, 6.07) is 20.8. The summed E-state index contributed by atoms with van der Waals surface area (Å²) in [5, 5.41) is 0. The van der Waals surface area contributed by atoms with Gasteiger partial charge in [0.05, 0.1) is 18.8 Å². The molecule has 1 aliphatic heterocycles. The van der Waals surface area contributed by atoms with Gasteiger partial charge in [0, 0.05) is 25.9 Å². The minimum absolute atomic E-state index is 0.0544. The molecule has 1 fully saturated rings. The number of rotatable bonds is 12.